The topological polar surface area (TPSA) is 46.2 Å². The van der Waals surface area contributed by atoms with Gasteiger partial charge in [-0.1, -0.05) is 12.1 Å². The lowest BCUT2D eigenvalue weighted by Crippen LogP contribution is -2.20. The number of halogens is 5. The minimum absolute atomic E-state index is 0. The van der Waals surface area contributed by atoms with Gasteiger partial charge in [0, 0.05) is 11.6 Å². The van der Waals surface area contributed by atoms with Crippen molar-refractivity contribution in [1.29, 1.82) is 0 Å². The second kappa shape index (κ2) is 5.36. The molecule has 1 rings (SSSR count). The van der Waals surface area contributed by atoms with Crippen LogP contribution >= 0.6 is 12.4 Å². The number of nitrogens with two attached hydrogens (primary N) is 1. The molecule has 92 valence electrons. The first-order chi connectivity index (χ1) is 6.81. The molecule has 0 aliphatic carbocycles. The molecule has 0 unspecified atom stereocenters. The van der Waals surface area contributed by atoms with Crippen LogP contribution in [0.5, 0.6) is 5.75 Å². The predicted octanol–water partition coefficient (Wildman–Crippen LogP) is 2.91. The first-order valence-corrected chi connectivity index (χ1v) is 4.11. The van der Waals surface area contributed by atoms with Gasteiger partial charge in [-0.3, -0.25) is 0 Å². The quantitative estimate of drug-likeness (QED) is 0.802. The molecule has 2 nitrogen and oxygen atoms in total. The van der Waals surface area contributed by atoms with Crippen molar-refractivity contribution in [3.8, 4) is 5.75 Å². The number of aromatic hydroxyl groups is 1. The summed E-state index contributed by atoms with van der Waals surface area (Å²) in [5.74, 6) is -1.81. The maximum Gasteiger partial charge on any atom is 0.390 e. The highest BCUT2D eigenvalue weighted by atomic mass is 35.5. The number of phenols is 1. The Morgan fingerprint density at radius 1 is 1.31 bits per heavy atom. The molecule has 1 aromatic carbocycles. The first-order valence-electron chi connectivity index (χ1n) is 4.11. The molecule has 0 aromatic heterocycles. The van der Waals surface area contributed by atoms with Gasteiger partial charge in [-0.25, -0.2) is 4.39 Å². The Hall–Kier alpha value is -1.01. The summed E-state index contributed by atoms with van der Waals surface area (Å²) in [4.78, 5) is 0. The van der Waals surface area contributed by atoms with Crippen molar-refractivity contribution in [3.05, 3.63) is 29.6 Å². The first kappa shape index (κ1) is 15.0. The van der Waals surface area contributed by atoms with E-state index in [-0.39, 0.29) is 18.0 Å². The Morgan fingerprint density at radius 3 is 2.38 bits per heavy atom. The number of benzene rings is 1. The molecular weight excluding hydrogens is 250 g/mol. The number of hydrogen-bond donors (Lipinski definition) is 2. The van der Waals surface area contributed by atoms with Gasteiger partial charge in [0.25, 0.3) is 0 Å². The van der Waals surface area contributed by atoms with Crippen LogP contribution in [0.3, 0.4) is 0 Å². The number of alkyl halides is 3. The summed E-state index contributed by atoms with van der Waals surface area (Å²) in [6.07, 6.45) is -5.75. The normalized spacial score (nSPS) is 13.1. The number of phenolic OH excluding ortho intramolecular Hbond substituents is 1. The average molecular weight is 260 g/mol. The Balaban J connectivity index is 0.00000225. The van der Waals surface area contributed by atoms with Crippen LogP contribution in [0, 0.1) is 5.82 Å². The maximum atomic E-state index is 12.8. The minimum atomic E-state index is -4.45. The zero-order valence-corrected chi connectivity index (χ0v) is 8.78. The zero-order chi connectivity index (χ0) is 11.6. The Bertz CT molecular complexity index is 356. The third-order valence-corrected chi connectivity index (χ3v) is 1.87. The maximum absolute atomic E-state index is 12.8. The second-order valence-corrected chi connectivity index (χ2v) is 3.10. The highest BCUT2D eigenvalue weighted by molar-refractivity contribution is 5.85. The van der Waals surface area contributed by atoms with Gasteiger partial charge in [-0.15, -0.1) is 12.4 Å². The van der Waals surface area contributed by atoms with Gasteiger partial charge in [0.1, 0.15) is 0 Å². The molecule has 1 aromatic rings. The molecule has 0 aliphatic rings. The van der Waals surface area contributed by atoms with Gasteiger partial charge in [-0.05, 0) is 6.07 Å². The molecule has 0 fully saturated rings. The fraction of sp³-hybridized carbons (Fsp3) is 0.333. The zero-order valence-electron chi connectivity index (χ0n) is 7.96. The lowest BCUT2D eigenvalue weighted by Gasteiger charge is -2.15. The Kier molecular flexibility index (Phi) is 5.02. The summed E-state index contributed by atoms with van der Waals surface area (Å²) in [7, 11) is 0. The molecule has 16 heavy (non-hydrogen) atoms. The molecule has 1 atom stereocenters. The molecule has 0 bridgehead atoms. The summed E-state index contributed by atoms with van der Waals surface area (Å²) in [6, 6.07) is 1.84. The monoisotopic (exact) mass is 259 g/mol. The Labute approximate surface area is 95.5 Å². The molecule has 3 N–H and O–H groups in total. The lowest BCUT2D eigenvalue weighted by molar-refractivity contribution is -0.138. The van der Waals surface area contributed by atoms with Gasteiger partial charge in [-0.2, -0.15) is 13.2 Å². The van der Waals surface area contributed by atoms with E-state index in [4.69, 9.17) is 10.8 Å². The Morgan fingerprint density at radius 2 is 1.88 bits per heavy atom. The van der Waals surface area contributed by atoms with Gasteiger partial charge in [0.05, 0.1) is 6.42 Å². The summed E-state index contributed by atoms with van der Waals surface area (Å²) < 4.78 is 48.7. The van der Waals surface area contributed by atoms with E-state index in [1.165, 1.54) is 6.07 Å². The smallest absolute Gasteiger partial charge is 0.390 e. The van der Waals surface area contributed by atoms with Gasteiger partial charge in [0.2, 0.25) is 0 Å². The van der Waals surface area contributed by atoms with E-state index >= 15 is 0 Å². The van der Waals surface area contributed by atoms with Crippen LogP contribution in [0.25, 0.3) is 0 Å². The van der Waals surface area contributed by atoms with Crippen LogP contribution in [-0.4, -0.2) is 11.3 Å². The van der Waals surface area contributed by atoms with Gasteiger partial charge >= 0.3 is 6.18 Å². The van der Waals surface area contributed by atoms with Crippen molar-refractivity contribution in [2.75, 3.05) is 0 Å². The van der Waals surface area contributed by atoms with Crippen molar-refractivity contribution >= 4 is 12.4 Å². The fourth-order valence-corrected chi connectivity index (χ4v) is 1.19. The van der Waals surface area contributed by atoms with Crippen LogP contribution in [-0.2, 0) is 0 Å². The van der Waals surface area contributed by atoms with E-state index in [1.54, 1.807) is 0 Å². The highest BCUT2D eigenvalue weighted by Crippen LogP contribution is 2.32. The number of hydrogen-bond acceptors (Lipinski definition) is 2. The van der Waals surface area contributed by atoms with E-state index in [1.807, 2.05) is 0 Å². The second-order valence-electron chi connectivity index (χ2n) is 3.10. The van der Waals surface area contributed by atoms with Crippen molar-refractivity contribution < 1.29 is 22.7 Å². The van der Waals surface area contributed by atoms with Crippen molar-refractivity contribution in [2.45, 2.75) is 18.6 Å². The van der Waals surface area contributed by atoms with E-state index in [0.717, 1.165) is 12.1 Å². The SMILES string of the molecule is Cl.N[C@@H](CC(F)(F)F)c1cccc(F)c1O. The van der Waals surface area contributed by atoms with E-state index in [0.29, 0.717) is 0 Å². The van der Waals surface area contributed by atoms with Gasteiger partial charge in [0.15, 0.2) is 11.6 Å². The fourth-order valence-electron chi connectivity index (χ4n) is 1.19. The third-order valence-electron chi connectivity index (χ3n) is 1.87. The van der Waals surface area contributed by atoms with Crippen molar-refractivity contribution in [1.82, 2.24) is 0 Å². The standard InChI is InChI=1S/C9H9F4NO.ClH/c10-6-3-1-2-5(8(6)15)7(14)4-9(11,12)13;/h1-3,7,15H,4,14H2;1H/t7-;/m0./s1. The van der Waals surface area contributed by atoms with Crippen molar-refractivity contribution in [2.24, 2.45) is 5.73 Å². The van der Waals surface area contributed by atoms with Gasteiger partial charge < -0.3 is 10.8 Å². The van der Waals surface area contributed by atoms with E-state index in [2.05, 4.69) is 0 Å². The van der Waals surface area contributed by atoms with Crippen LogP contribution in [0.15, 0.2) is 18.2 Å². The van der Waals surface area contributed by atoms with Crippen LogP contribution in [0.1, 0.15) is 18.0 Å². The summed E-state index contributed by atoms with van der Waals surface area (Å²) in [6.45, 7) is 0. The molecular formula is C9H10ClF4NO. The van der Waals surface area contributed by atoms with Crippen LogP contribution in [0.4, 0.5) is 17.6 Å². The third kappa shape index (κ3) is 3.86. The minimum Gasteiger partial charge on any atom is -0.505 e. The molecule has 0 spiro atoms. The molecule has 0 amide bonds. The largest absolute Gasteiger partial charge is 0.505 e. The van der Waals surface area contributed by atoms with Crippen molar-refractivity contribution in [3.63, 3.8) is 0 Å². The molecule has 0 saturated heterocycles. The molecule has 0 heterocycles. The number of para-hydroxylation sites is 1. The highest BCUT2D eigenvalue weighted by Gasteiger charge is 2.32. The average Bonchev–Trinajstić information content (AvgIpc) is 2.06. The lowest BCUT2D eigenvalue weighted by atomic mass is 10.0. The summed E-state index contributed by atoms with van der Waals surface area (Å²) in [5.41, 5.74) is 4.96. The molecule has 7 heteroatoms. The summed E-state index contributed by atoms with van der Waals surface area (Å²) >= 11 is 0. The molecule has 0 radical (unpaired) electrons. The molecule has 0 aliphatic heterocycles. The summed E-state index contributed by atoms with van der Waals surface area (Å²) in [5, 5.41) is 9.14. The molecule has 0 saturated carbocycles. The van der Waals surface area contributed by atoms with E-state index in [9.17, 15) is 17.6 Å². The number of rotatable bonds is 2. The van der Waals surface area contributed by atoms with Crippen LogP contribution in [0.2, 0.25) is 0 Å². The van der Waals surface area contributed by atoms with E-state index < -0.39 is 30.2 Å². The predicted molar refractivity (Wildman–Crippen MR) is 52.9 cm³/mol. The van der Waals surface area contributed by atoms with Crippen LogP contribution < -0.4 is 5.73 Å².